The van der Waals surface area contributed by atoms with Crippen molar-refractivity contribution in [2.45, 2.75) is 27.6 Å². The molecule has 0 spiro atoms. The van der Waals surface area contributed by atoms with Gasteiger partial charge in [0.1, 0.15) is 0 Å². The average molecular weight is 183 g/mol. The van der Waals surface area contributed by atoms with Gasteiger partial charge in [-0.25, -0.2) is 0 Å². The summed E-state index contributed by atoms with van der Waals surface area (Å²) >= 11 is 6.18. The first-order chi connectivity index (χ1) is 5.46. The lowest BCUT2D eigenvalue weighted by molar-refractivity contribution is 0.514. The molecule has 0 saturated carbocycles. The monoisotopic (exact) mass is 183 g/mol. The van der Waals surface area contributed by atoms with E-state index in [2.05, 4.69) is 39.5 Å². The van der Waals surface area contributed by atoms with Gasteiger partial charge in [-0.15, -0.1) is 0 Å². The van der Waals surface area contributed by atoms with Gasteiger partial charge in [0.2, 0.25) is 6.71 Å². The zero-order valence-electron chi connectivity index (χ0n) is 8.40. The summed E-state index contributed by atoms with van der Waals surface area (Å²) in [5.41, 5.74) is 3.87. The Kier molecular flexibility index (Phi) is 2.57. The first-order valence-corrected chi connectivity index (χ1v) is 4.62. The summed E-state index contributed by atoms with van der Waals surface area (Å²) in [7, 11) is 2.06. The second-order valence-corrected chi connectivity index (χ2v) is 3.89. The van der Waals surface area contributed by atoms with Crippen LogP contribution in [-0.2, 0) is 0 Å². The zero-order chi connectivity index (χ0) is 9.46. The summed E-state index contributed by atoms with van der Waals surface area (Å²) < 4.78 is 0. The van der Waals surface area contributed by atoms with Crippen LogP contribution in [0.25, 0.3) is 0 Å². The molecule has 0 amide bonds. The highest BCUT2D eigenvalue weighted by atomic mass is 35.5. The predicted octanol–water partition coefficient (Wildman–Crippen LogP) is 2.90. The van der Waals surface area contributed by atoms with Gasteiger partial charge in [0.05, 0.1) is 0 Å². The van der Waals surface area contributed by atoms with Crippen molar-refractivity contribution in [3.8, 4) is 0 Å². The van der Waals surface area contributed by atoms with E-state index >= 15 is 0 Å². The highest BCUT2D eigenvalue weighted by molar-refractivity contribution is 6.82. The molecule has 0 bridgehead atoms. The second-order valence-electron chi connectivity index (χ2n) is 3.48. The molecule has 0 radical (unpaired) electrons. The van der Waals surface area contributed by atoms with E-state index in [0.717, 1.165) is 4.93 Å². The molecule has 0 N–H and O–H groups in total. The van der Waals surface area contributed by atoms with Crippen molar-refractivity contribution in [2.75, 3.05) is 7.05 Å². The topological polar surface area (TPSA) is 3.24 Å². The Morgan fingerprint density at radius 3 is 2.17 bits per heavy atom. The van der Waals surface area contributed by atoms with Crippen LogP contribution in [0.15, 0.2) is 21.8 Å². The Balaban J connectivity index is 3.13. The molecule has 1 aliphatic heterocycles. The maximum atomic E-state index is 6.18. The first kappa shape index (κ1) is 9.72. The molecule has 0 aliphatic carbocycles. The summed E-state index contributed by atoms with van der Waals surface area (Å²) in [6.07, 6.45) is 0. The van der Waals surface area contributed by atoms with E-state index < -0.39 is 0 Å². The van der Waals surface area contributed by atoms with E-state index in [0.29, 0.717) is 6.71 Å². The quantitative estimate of drug-likeness (QED) is 0.522. The standard InChI is InChI=1S/C9H15BClN/c1-6-7(2)12(5)8(3)9(11)10(6)4/h1-5H3. The highest BCUT2D eigenvalue weighted by Crippen LogP contribution is 2.29. The molecular weight excluding hydrogens is 168 g/mol. The van der Waals surface area contributed by atoms with Crippen molar-refractivity contribution in [1.29, 1.82) is 0 Å². The van der Waals surface area contributed by atoms with Gasteiger partial charge in [0, 0.05) is 23.4 Å². The fourth-order valence-corrected chi connectivity index (χ4v) is 1.78. The van der Waals surface area contributed by atoms with Gasteiger partial charge >= 0.3 is 0 Å². The number of halogens is 1. The molecule has 12 heavy (non-hydrogen) atoms. The zero-order valence-corrected chi connectivity index (χ0v) is 9.16. The molecular formula is C9H15BClN. The maximum absolute atomic E-state index is 6.18. The summed E-state index contributed by atoms with van der Waals surface area (Å²) in [5, 5.41) is 0. The van der Waals surface area contributed by atoms with Gasteiger partial charge in [-0.1, -0.05) is 23.9 Å². The Hall–Kier alpha value is -0.365. The summed E-state index contributed by atoms with van der Waals surface area (Å²) in [5.74, 6) is 0. The Morgan fingerprint density at radius 1 is 1.17 bits per heavy atom. The maximum Gasteiger partial charge on any atom is 0.220 e. The Labute approximate surface area is 80.2 Å². The molecule has 0 saturated heterocycles. The minimum atomic E-state index is 0.392. The van der Waals surface area contributed by atoms with E-state index in [9.17, 15) is 0 Å². The molecule has 0 fully saturated rings. The molecule has 0 aromatic rings. The highest BCUT2D eigenvalue weighted by Gasteiger charge is 2.25. The fraction of sp³-hybridized carbons (Fsp3) is 0.556. The van der Waals surface area contributed by atoms with Crippen molar-refractivity contribution < 1.29 is 0 Å². The van der Waals surface area contributed by atoms with E-state index in [1.807, 2.05) is 0 Å². The predicted molar refractivity (Wildman–Crippen MR) is 56.3 cm³/mol. The molecule has 1 aliphatic rings. The van der Waals surface area contributed by atoms with E-state index in [1.165, 1.54) is 16.9 Å². The molecule has 0 atom stereocenters. The smallest absolute Gasteiger partial charge is 0.220 e. The lowest BCUT2D eigenvalue weighted by atomic mass is 9.44. The van der Waals surface area contributed by atoms with Gasteiger partial charge < -0.3 is 4.90 Å². The third-order valence-corrected chi connectivity index (χ3v) is 3.55. The fourth-order valence-electron chi connectivity index (χ4n) is 1.49. The average Bonchev–Trinajstić information content (AvgIpc) is 2.08. The van der Waals surface area contributed by atoms with Crippen LogP contribution >= 0.6 is 11.6 Å². The van der Waals surface area contributed by atoms with Crippen LogP contribution in [0.4, 0.5) is 0 Å². The van der Waals surface area contributed by atoms with E-state index in [-0.39, 0.29) is 0 Å². The summed E-state index contributed by atoms with van der Waals surface area (Å²) in [4.78, 5) is 3.12. The van der Waals surface area contributed by atoms with E-state index in [4.69, 9.17) is 11.6 Å². The summed E-state index contributed by atoms with van der Waals surface area (Å²) in [6.45, 7) is 8.89. The summed E-state index contributed by atoms with van der Waals surface area (Å²) in [6, 6.07) is 0. The molecule has 0 aromatic heterocycles. The Bertz CT molecular complexity index is 216. The lowest BCUT2D eigenvalue weighted by Crippen LogP contribution is -2.28. The molecule has 1 nitrogen and oxygen atoms in total. The first-order valence-electron chi connectivity index (χ1n) is 4.24. The molecule has 0 aromatic carbocycles. The lowest BCUT2D eigenvalue weighted by Gasteiger charge is -2.31. The SMILES string of the molecule is CB1C(C)=C(C)N(C)C(C)=C1Cl. The van der Waals surface area contributed by atoms with Crippen molar-refractivity contribution >= 4 is 18.3 Å². The van der Waals surface area contributed by atoms with Crippen LogP contribution < -0.4 is 0 Å². The van der Waals surface area contributed by atoms with Crippen LogP contribution in [0, 0.1) is 0 Å². The third kappa shape index (κ3) is 1.29. The van der Waals surface area contributed by atoms with Crippen LogP contribution in [0.3, 0.4) is 0 Å². The number of hydrogen-bond donors (Lipinski definition) is 0. The van der Waals surface area contributed by atoms with Crippen LogP contribution in [0.1, 0.15) is 20.8 Å². The van der Waals surface area contributed by atoms with Crippen LogP contribution in [0.2, 0.25) is 6.82 Å². The molecule has 1 rings (SSSR count). The number of allylic oxidation sites excluding steroid dienone is 3. The third-order valence-electron chi connectivity index (χ3n) is 2.95. The van der Waals surface area contributed by atoms with E-state index in [1.54, 1.807) is 0 Å². The van der Waals surface area contributed by atoms with Gasteiger partial charge in [-0.3, -0.25) is 0 Å². The minimum Gasteiger partial charge on any atom is -0.353 e. The van der Waals surface area contributed by atoms with Crippen molar-refractivity contribution in [3.63, 3.8) is 0 Å². The van der Waals surface area contributed by atoms with Crippen LogP contribution in [-0.4, -0.2) is 18.7 Å². The van der Waals surface area contributed by atoms with Gasteiger partial charge in [-0.05, 0) is 20.8 Å². The van der Waals surface area contributed by atoms with Gasteiger partial charge in [-0.2, -0.15) is 0 Å². The molecule has 66 valence electrons. The number of nitrogens with zero attached hydrogens (tertiary/aromatic N) is 1. The van der Waals surface area contributed by atoms with Gasteiger partial charge in [0.25, 0.3) is 0 Å². The van der Waals surface area contributed by atoms with Gasteiger partial charge in [0.15, 0.2) is 0 Å². The second kappa shape index (κ2) is 3.17. The minimum absolute atomic E-state index is 0.392. The van der Waals surface area contributed by atoms with Crippen molar-refractivity contribution in [2.24, 2.45) is 0 Å². The number of hydrogen-bond acceptors (Lipinski definition) is 1. The molecule has 0 unspecified atom stereocenters. The molecule has 1 heterocycles. The molecule has 3 heteroatoms. The van der Waals surface area contributed by atoms with Crippen LogP contribution in [0.5, 0.6) is 0 Å². The number of rotatable bonds is 0. The van der Waals surface area contributed by atoms with Crippen molar-refractivity contribution in [3.05, 3.63) is 21.8 Å². The Morgan fingerprint density at radius 2 is 1.67 bits per heavy atom. The van der Waals surface area contributed by atoms with Crippen molar-refractivity contribution in [1.82, 2.24) is 4.90 Å². The normalized spacial score (nSPS) is 19.5. The largest absolute Gasteiger partial charge is 0.353 e.